The van der Waals surface area contributed by atoms with E-state index in [1.807, 2.05) is 6.07 Å². The van der Waals surface area contributed by atoms with E-state index in [1.165, 1.54) is 18.4 Å². The quantitative estimate of drug-likeness (QED) is 0.611. The second-order valence-electron chi connectivity index (χ2n) is 8.06. The van der Waals surface area contributed by atoms with Crippen molar-refractivity contribution in [2.75, 3.05) is 20.6 Å². The molecule has 0 bridgehead atoms. The molecule has 29 heavy (non-hydrogen) atoms. The van der Waals surface area contributed by atoms with Gasteiger partial charge < -0.3 is 8.98 Å². The molecule has 0 unspecified atom stereocenters. The van der Waals surface area contributed by atoms with Crippen LogP contribution in [0.2, 0.25) is 0 Å². The van der Waals surface area contributed by atoms with Crippen LogP contribution < -0.4 is 0 Å². The van der Waals surface area contributed by atoms with Gasteiger partial charge in [-0.25, -0.2) is 17.7 Å². The van der Waals surface area contributed by atoms with Crippen molar-refractivity contribution in [1.29, 1.82) is 0 Å². The van der Waals surface area contributed by atoms with Crippen LogP contribution in [0.3, 0.4) is 0 Å². The first-order valence-electron chi connectivity index (χ1n) is 10.0. The number of fused-ring (bicyclic) bond motifs is 1. The smallest absolute Gasteiger partial charge is 0.275 e. The summed E-state index contributed by atoms with van der Waals surface area (Å²) in [5.41, 5.74) is 2.17. The van der Waals surface area contributed by atoms with Crippen LogP contribution in [-0.4, -0.2) is 47.8 Å². The van der Waals surface area contributed by atoms with Gasteiger partial charge in [-0.15, -0.1) is 0 Å². The molecule has 1 aliphatic heterocycles. The third-order valence-corrected chi connectivity index (χ3v) is 7.22. The minimum absolute atomic E-state index is 0.0114. The molecule has 3 aromatic rings. The van der Waals surface area contributed by atoms with E-state index < -0.39 is 10.0 Å². The lowest BCUT2D eigenvalue weighted by molar-refractivity contribution is 0.210. The highest BCUT2D eigenvalue weighted by Crippen LogP contribution is 2.36. The Balaban J connectivity index is 1.64. The van der Waals surface area contributed by atoms with Gasteiger partial charge in [0.05, 0.1) is 23.6 Å². The second-order valence-corrected chi connectivity index (χ2v) is 10.1. The molecular weight excluding hydrogens is 388 g/mol. The molecule has 1 aliphatic rings. The van der Waals surface area contributed by atoms with Crippen LogP contribution >= 0.6 is 0 Å². The largest absolute Gasteiger partial charge is 0.447 e. The molecule has 156 valence electrons. The lowest BCUT2D eigenvalue weighted by Crippen LogP contribution is -2.25. The van der Waals surface area contributed by atoms with Crippen molar-refractivity contribution in [3.63, 3.8) is 0 Å². The van der Waals surface area contributed by atoms with Crippen molar-refractivity contribution in [2.45, 2.75) is 50.4 Å². The maximum Gasteiger partial charge on any atom is 0.275 e. The van der Waals surface area contributed by atoms with Gasteiger partial charge in [-0.1, -0.05) is 12.1 Å². The number of rotatable bonds is 6. The second kappa shape index (κ2) is 7.59. The Bertz CT molecular complexity index is 1110. The zero-order valence-electron chi connectivity index (χ0n) is 17.4. The van der Waals surface area contributed by atoms with E-state index in [1.54, 1.807) is 12.1 Å². The molecule has 0 N–H and O–H groups in total. The van der Waals surface area contributed by atoms with Gasteiger partial charge in [-0.05, 0) is 57.5 Å². The van der Waals surface area contributed by atoms with Crippen LogP contribution in [0.5, 0.6) is 0 Å². The Hall–Kier alpha value is -2.16. The van der Waals surface area contributed by atoms with Crippen LogP contribution in [0, 0.1) is 0 Å². The fraction of sp³-hybridized carbons (Fsp3) is 0.476. The lowest BCUT2D eigenvalue weighted by atomic mass is 10.2. The summed E-state index contributed by atoms with van der Waals surface area (Å²) in [6.07, 6.45) is 2.11. The fourth-order valence-electron chi connectivity index (χ4n) is 4.11. The highest BCUT2D eigenvalue weighted by Gasteiger charge is 2.32. The molecule has 1 saturated heterocycles. The first-order valence-corrected chi connectivity index (χ1v) is 11.4. The highest BCUT2D eigenvalue weighted by molar-refractivity contribution is 7.88. The van der Waals surface area contributed by atoms with E-state index in [0.717, 1.165) is 36.2 Å². The summed E-state index contributed by atoms with van der Waals surface area (Å²) in [5.74, 6) is 1.73. The molecule has 0 saturated carbocycles. The number of hydrogen-bond donors (Lipinski definition) is 0. The third-order valence-electron chi connectivity index (χ3n) is 5.53. The SMILES string of the molecule is CC(C)n1c([C@@H]2CCCN2Cc2ccc(S(=O)(=O)N(C)C)o2)nc2ccccc21. The zero-order valence-corrected chi connectivity index (χ0v) is 18.2. The van der Waals surface area contributed by atoms with E-state index >= 15 is 0 Å². The molecule has 8 heteroatoms. The molecule has 1 aromatic carbocycles. The molecule has 1 atom stereocenters. The fourth-order valence-corrected chi connectivity index (χ4v) is 4.92. The van der Waals surface area contributed by atoms with E-state index in [9.17, 15) is 8.42 Å². The Labute approximate surface area is 172 Å². The summed E-state index contributed by atoms with van der Waals surface area (Å²) >= 11 is 0. The van der Waals surface area contributed by atoms with E-state index in [4.69, 9.17) is 9.40 Å². The van der Waals surface area contributed by atoms with Crippen LogP contribution in [0.4, 0.5) is 0 Å². The normalized spacial score (nSPS) is 18.5. The van der Waals surface area contributed by atoms with Gasteiger partial charge in [0, 0.05) is 20.1 Å². The van der Waals surface area contributed by atoms with Gasteiger partial charge in [0.15, 0.2) is 0 Å². The lowest BCUT2D eigenvalue weighted by Gasteiger charge is -2.25. The first kappa shape index (κ1) is 20.1. The Morgan fingerprint density at radius 1 is 1.21 bits per heavy atom. The molecule has 4 rings (SSSR count). The molecule has 7 nitrogen and oxygen atoms in total. The number of benzene rings is 1. The molecular formula is C21H28N4O3S. The number of nitrogens with zero attached hydrogens (tertiary/aromatic N) is 4. The molecule has 3 heterocycles. The summed E-state index contributed by atoms with van der Waals surface area (Å²) < 4.78 is 33.8. The van der Waals surface area contributed by atoms with Gasteiger partial charge in [-0.3, -0.25) is 4.90 Å². The van der Waals surface area contributed by atoms with Crippen molar-refractivity contribution >= 4 is 21.1 Å². The number of likely N-dealkylation sites (tertiary alicyclic amines) is 1. The average Bonchev–Trinajstić information content (AvgIpc) is 3.39. The van der Waals surface area contributed by atoms with E-state index in [2.05, 4.69) is 41.5 Å². The van der Waals surface area contributed by atoms with Crippen LogP contribution in [0.1, 0.15) is 50.4 Å². The summed E-state index contributed by atoms with van der Waals surface area (Å²) in [6, 6.07) is 12.0. The van der Waals surface area contributed by atoms with Gasteiger partial charge in [-0.2, -0.15) is 0 Å². The summed E-state index contributed by atoms with van der Waals surface area (Å²) in [5, 5.41) is -0.0114. The topological polar surface area (TPSA) is 71.6 Å². The van der Waals surface area contributed by atoms with Crippen LogP contribution in [-0.2, 0) is 16.6 Å². The number of aromatic nitrogens is 2. The molecule has 0 spiro atoms. The predicted molar refractivity (Wildman–Crippen MR) is 112 cm³/mol. The van der Waals surface area contributed by atoms with Crippen LogP contribution in [0.15, 0.2) is 45.9 Å². The van der Waals surface area contributed by atoms with Crippen molar-refractivity contribution in [1.82, 2.24) is 18.8 Å². The Morgan fingerprint density at radius 2 is 1.97 bits per heavy atom. The number of furan rings is 1. The molecule has 0 amide bonds. The first-order chi connectivity index (χ1) is 13.8. The molecule has 2 aromatic heterocycles. The molecule has 0 aliphatic carbocycles. The zero-order chi connectivity index (χ0) is 20.8. The van der Waals surface area contributed by atoms with Crippen LogP contribution in [0.25, 0.3) is 11.0 Å². The summed E-state index contributed by atoms with van der Waals surface area (Å²) in [7, 11) is -0.550. The predicted octanol–water partition coefficient (Wildman–Crippen LogP) is 3.80. The monoisotopic (exact) mass is 416 g/mol. The van der Waals surface area contributed by atoms with E-state index in [0.29, 0.717) is 18.3 Å². The highest BCUT2D eigenvalue weighted by atomic mass is 32.2. The van der Waals surface area contributed by atoms with Crippen molar-refractivity contribution < 1.29 is 12.8 Å². The van der Waals surface area contributed by atoms with Crippen molar-refractivity contribution in [3.05, 3.63) is 48.0 Å². The van der Waals surface area contributed by atoms with Gasteiger partial charge in [0.2, 0.25) is 5.09 Å². The molecule has 1 fully saturated rings. The Kier molecular flexibility index (Phi) is 5.27. The van der Waals surface area contributed by atoms with Gasteiger partial charge in [0.1, 0.15) is 11.6 Å². The maximum absolute atomic E-state index is 12.3. The van der Waals surface area contributed by atoms with Crippen molar-refractivity contribution in [3.8, 4) is 0 Å². The number of sulfonamides is 1. The minimum atomic E-state index is -3.56. The summed E-state index contributed by atoms with van der Waals surface area (Å²) in [6.45, 7) is 5.86. The average molecular weight is 417 g/mol. The summed E-state index contributed by atoms with van der Waals surface area (Å²) in [4.78, 5) is 7.30. The minimum Gasteiger partial charge on any atom is -0.447 e. The van der Waals surface area contributed by atoms with Gasteiger partial charge in [0.25, 0.3) is 10.0 Å². The number of para-hydroxylation sites is 2. The molecule has 0 radical (unpaired) electrons. The van der Waals surface area contributed by atoms with E-state index in [-0.39, 0.29) is 11.1 Å². The number of imidazole rings is 1. The number of hydrogen-bond acceptors (Lipinski definition) is 5. The Morgan fingerprint density at radius 3 is 2.69 bits per heavy atom. The third kappa shape index (κ3) is 3.60. The van der Waals surface area contributed by atoms with Crippen molar-refractivity contribution in [2.24, 2.45) is 0 Å². The maximum atomic E-state index is 12.3. The van der Waals surface area contributed by atoms with Gasteiger partial charge >= 0.3 is 0 Å². The standard InChI is InChI=1S/C21H28N4O3S/c1-15(2)25-18-9-6-5-8-17(18)22-21(25)19-10-7-13-24(19)14-16-11-12-20(28-16)29(26,27)23(3)4/h5-6,8-9,11-12,15,19H,7,10,13-14H2,1-4H3/t19-/m0/s1.